The van der Waals surface area contributed by atoms with E-state index in [1.54, 1.807) is 0 Å². The fraction of sp³-hybridized carbons (Fsp3) is 0.150. The van der Waals surface area contributed by atoms with Crippen LogP contribution < -0.4 is 5.69 Å². The number of hydrogen-bond acceptors (Lipinski definition) is 3. The fourth-order valence-corrected chi connectivity index (χ4v) is 3.86. The second kappa shape index (κ2) is 5.81. The summed E-state index contributed by atoms with van der Waals surface area (Å²) >= 11 is 6.38. The van der Waals surface area contributed by atoms with E-state index >= 15 is 0 Å². The normalized spacial score (nSPS) is 12.8. The summed E-state index contributed by atoms with van der Waals surface area (Å²) in [5.41, 5.74) is 5.50. The Morgan fingerprint density at radius 2 is 1.77 bits per heavy atom. The second-order valence-corrected chi connectivity index (χ2v) is 6.79. The smallest absolute Gasteiger partial charge is 0.245 e. The molecule has 4 aromatic rings. The average Bonchev–Trinajstić information content (AvgIpc) is 3.00. The molecule has 0 spiro atoms. The number of nitrogens with zero attached hydrogens (tertiary/aromatic N) is 4. The lowest BCUT2D eigenvalue weighted by atomic mass is 9.89. The van der Waals surface area contributed by atoms with E-state index in [1.165, 1.54) is 14.6 Å². The van der Waals surface area contributed by atoms with E-state index < -0.39 is 0 Å². The van der Waals surface area contributed by atoms with Crippen molar-refractivity contribution in [3.8, 4) is 11.3 Å². The van der Waals surface area contributed by atoms with Gasteiger partial charge in [0.15, 0.2) is 5.65 Å². The van der Waals surface area contributed by atoms with E-state index in [4.69, 9.17) is 11.6 Å². The van der Waals surface area contributed by atoms with E-state index in [-0.39, 0.29) is 11.0 Å². The summed E-state index contributed by atoms with van der Waals surface area (Å²) in [6, 6.07) is 18.0. The highest BCUT2D eigenvalue weighted by Crippen LogP contribution is 2.34. The van der Waals surface area contributed by atoms with Crippen LogP contribution in [0.2, 0.25) is 5.28 Å². The van der Waals surface area contributed by atoms with Crippen molar-refractivity contribution in [1.29, 1.82) is 0 Å². The average molecular weight is 363 g/mol. The second-order valence-electron chi connectivity index (χ2n) is 6.45. The fourth-order valence-electron chi connectivity index (χ4n) is 3.63. The molecule has 0 aliphatic heterocycles. The Bertz CT molecular complexity index is 1190. The minimum Gasteiger partial charge on any atom is -0.245 e. The SMILES string of the molecule is O=c1n(Cc2ccccc2)nc2c3c(nc(Cl)n12)-c1ccccc1CC3. The highest BCUT2D eigenvalue weighted by molar-refractivity contribution is 6.28. The molecule has 0 radical (unpaired) electrons. The van der Waals surface area contributed by atoms with E-state index in [0.717, 1.165) is 35.2 Å². The molecule has 5 nitrogen and oxygen atoms in total. The lowest BCUT2D eigenvalue weighted by Gasteiger charge is -2.19. The summed E-state index contributed by atoms with van der Waals surface area (Å²) in [5.74, 6) is 0. The molecule has 0 fully saturated rings. The zero-order chi connectivity index (χ0) is 17.7. The van der Waals surface area contributed by atoms with Gasteiger partial charge in [0.25, 0.3) is 0 Å². The third kappa shape index (κ3) is 2.28. The van der Waals surface area contributed by atoms with Crippen LogP contribution in [0.1, 0.15) is 16.7 Å². The van der Waals surface area contributed by atoms with Crippen LogP contribution in [0.3, 0.4) is 0 Å². The van der Waals surface area contributed by atoms with Crippen molar-refractivity contribution in [3.05, 3.63) is 87.1 Å². The molecule has 26 heavy (non-hydrogen) atoms. The first kappa shape index (κ1) is 15.3. The maximum atomic E-state index is 12.8. The van der Waals surface area contributed by atoms with Gasteiger partial charge in [-0.25, -0.2) is 18.9 Å². The third-order valence-corrected chi connectivity index (χ3v) is 5.13. The Labute approximate surface area is 154 Å². The predicted octanol–water partition coefficient (Wildman–Crippen LogP) is 3.36. The van der Waals surface area contributed by atoms with Crippen molar-refractivity contribution in [1.82, 2.24) is 19.2 Å². The molecule has 1 aliphatic rings. The van der Waals surface area contributed by atoms with Gasteiger partial charge in [-0.1, -0.05) is 54.6 Å². The quantitative estimate of drug-likeness (QED) is 0.514. The van der Waals surface area contributed by atoms with Crippen LogP contribution in [0.15, 0.2) is 59.4 Å². The molecule has 2 aromatic carbocycles. The van der Waals surface area contributed by atoms with Gasteiger partial charge in [0, 0.05) is 11.1 Å². The maximum Gasteiger partial charge on any atom is 0.353 e. The number of aromatic nitrogens is 4. The van der Waals surface area contributed by atoms with Crippen LogP contribution >= 0.6 is 11.6 Å². The van der Waals surface area contributed by atoms with Crippen molar-refractivity contribution in [3.63, 3.8) is 0 Å². The van der Waals surface area contributed by atoms with Gasteiger partial charge in [-0.2, -0.15) is 0 Å². The van der Waals surface area contributed by atoms with Gasteiger partial charge in [-0.05, 0) is 35.6 Å². The molecular weight excluding hydrogens is 348 g/mol. The van der Waals surface area contributed by atoms with E-state index in [1.807, 2.05) is 48.5 Å². The zero-order valence-corrected chi connectivity index (χ0v) is 14.6. The number of hydrogen-bond donors (Lipinski definition) is 0. The van der Waals surface area contributed by atoms with Gasteiger partial charge in [-0.3, -0.25) is 0 Å². The molecule has 0 atom stereocenters. The van der Waals surface area contributed by atoms with Crippen molar-refractivity contribution in [2.24, 2.45) is 0 Å². The highest BCUT2D eigenvalue weighted by Gasteiger charge is 2.24. The molecule has 6 heteroatoms. The van der Waals surface area contributed by atoms with Gasteiger partial charge < -0.3 is 0 Å². The van der Waals surface area contributed by atoms with Crippen LogP contribution in [0, 0.1) is 0 Å². The first-order valence-corrected chi connectivity index (χ1v) is 8.90. The number of benzene rings is 2. The maximum absolute atomic E-state index is 12.8. The minimum absolute atomic E-state index is 0.153. The lowest BCUT2D eigenvalue weighted by molar-refractivity contribution is 0.658. The third-order valence-electron chi connectivity index (χ3n) is 4.88. The first-order valence-electron chi connectivity index (χ1n) is 8.52. The molecule has 0 unspecified atom stereocenters. The summed E-state index contributed by atoms with van der Waals surface area (Å²) in [7, 11) is 0. The molecule has 0 bridgehead atoms. The van der Waals surface area contributed by atoms with Crippen LogP contribution in [0.25, 0.3) is 16.9 Å². The summed E-state index contributed by atoms with van der Waals surface area (Å²) in [4.78, 5) is 17.4. The first-order chi connectivity index (χ1) is 12.7. The van der Waals surface area contributed by atoms with Gasteiger partial charge >= 0.3 is 5.69 Å². The molecule has 0 saturated heterocycles. The van der Waals surface area contributed by atoms with Gasteiger partial charge in [0.2, 0.25) is 5.28 Å². The molecule has 1 aliphatic carbocycles. The van der Waals surface area contributed by atoms with E-state index in [0.29, 0.717) is 12.2 Å². The number of aryl methyl sites for hydroxylation is 2. The Morgan fingerprint density at radius 3 is 2.62 bits per heavy atom. The number of halogens is 1. The van der Waals surface area contributed by atoms with Crippen LogP contribution in [0.4, 0.5) is 0 Å². The molecule has 0 N–H and O–H groups in total. The standard InChI is InChI=1S/C20H15ClN4O/c21-19-22-17-15-9-5-4-8-14(15)10-11-16(17)18-23-24(20(26)25(18)19)12-13-6-2-1-3-7-13/h1-9H,10-12H2. The van der Waals surface area contributed by atoms with Crippen molar-refractivity contribution in [2.45, 2.75) is 19.4 Å². The largest absolute Gasteiger partial charge is 0.353 e. The van der Waals surface area contributed by atoms with Gasteiger partial charge in [-0.15, -0.1) is 5.10 Å². The van der Waals surface area contributed by atoms with Crippen LogP contribution in [0.5, 0.6) is 0 Å². The molecule has 5 rings (SSSR count). The zero-order valence-electron chi connectivity index (χ0n) is 13.9. The van der Waals surface area contributed by atoms with Gasteiger partial charge in [0.05, 0.1) is 12.2 Å². The Kier molecular flexibility index (Phi) is 3.43. The summed E-state index contributed by atoms with van der Waals surface area (Å²) in [6.45, 7) is 0.406. The molecule has 0 saturated carbocycles. The predicted molar refractivity (Wildman–Crippen MR) is 101 cm³/mol. The molecule has 2 aromatic heterocycles. The highest BCUT2D eigenvalue weighted by atomic mass is 35.5. The molecule has 128 valence electrons. The summed E-state index contributed by atoms with van der Waals surface area (Å²) in [5, 5.41) is 4.75. The van der Waals surface area contributed by atoms with E-state index in [9.17, 15) is 4.79 Å². The van der Waals surface area contributed by atoms with Crippen molar-refractivity contribution in [2.75, 3.05) is 0 Å². The lowest BCUT2D eigenvalue weighted by Crippen LogP contribution is -2.22. The van der Waals surface area contributed by atoms with Crippen LogP contribution in [-0.4, -0.2) is 19.2 Å². The Hall–Kier alpha value is -2.92. The minimum atomic E-state index is -0.261. The molecule has 2 heterocycles. The Balaban J connectivity index is 1.73. The molecule has 0 amide bonds. The summed E-state index contributed by atoms with van der Waals surface area (Å²) < 4.78 is 2.87. The Morgan fingerprint density at radius 1 is 1.00 bits per heavy atom. The van der Waals surface area contributed by atoms with E-state index in [2.05, 4.69) is 16.1 Å². The molecular formula is C20H15ClN4O. The van der Waals surface area contributed by atoms with Crippen molar-refractivity contribution < 1.29 is 0 Å². The monoisotopic (exact) mass is 362 g/mol. The topological polar surface area (TPSA) is 52.2 Å². The number of rotatable bonds is 2. The summed E-state index contributed by atoms with van der Waals surface area (Å²) in [6.07, 6.45) is 1.70. The van der Waals surface area contributed by atoms with Crippen molar-refractivity contribution >= 4 is 17.2 Å². The number of fused-ring (bicyclic) bond motifs is 5. The van der Waals surface area contributed by atoms with Gasteiger partial charge in [0.1, 0.15) is 0 Å². The van der Waals surface area contributed by atoms with Crippen LogP contribution in [-0.2, 0) is 19.4 Å².